The van der Waals surface area contributed by atoms with Gasteiger partial charge in [-0.2, -0.15) is 0 Å². The number of carboxylic acids is 1. The van der Waals surface area contributed by atoms with Crippen LogP contribution in [-0.4, -0.2) is 87.8 Å². The minimum Gasteiger partial charge on any atom is -0.481 e. The average molecular weight is 549 g/mol. The number of aromatic nitrogens is 2. The van der Waals surface area contributed by atoms with Gasteiger partial charge in [-0.15, -0.1) is 0 Å². The summed E-state index contributed by atoms with van der Waals surface area (Å²) in [6, 6.07) is 9.93. The van der Waals surface area contributed by atoms with Crippen molar-refractivity contribution in [2.24, 2.45) is 0 Å². The minimum atomic E-state index is -1.38. The van der Waals surface area contributed by atoms with Crippen LogP contribution in [-0.2, 0) is 24.0 Å². The Morgan fingerprint density at radius 2 is 1.82 bits per heavy atom. The van der Waals surface area contributed by atoms with Gasteiger partial charge in [0.1, 0.15) is 31.2 Å². The van der Waals surface area contributed by atoms with Crippen LogP contribution in [0.1, 0.15) is 16.9 Å². The Bertz CT molecular complexity index is 1490. The molecule has 0 radical (unpaired) electrons. The van der Waals surface area contributed by atoms with Gasteiger partial charge in [0.25, 0.3) is 17.7 Å². The van der Waals surface area contributed by atoms with Crippen LogP contribution in [0.3, 0.4) is 0 Å². The lowest BCUT2D eigenvalue weighted by atomic mass is 10.2. The number of fused-ring (bicyclic) bond motifs is 2. The maximum Gasteiger partial charge on any atom is 0.305 e. The Morgan fingerprint density at radius 1 is 1.07 bits per heavy atom. The first-order valence-corrected chi connectivity index (χ1v) is 12.0. The molecule has 2 aromatic heterocycles. The van der Waals surface area contributed by atoms with Crippen LogP contribution in [0.4, 0.5) is 11.4 Å². The fourth-order valence-electron chi connectivity index (χ4n) is 4.21. The maximum atomic E-state index is 13.7. The molecule has 3 aromatic rings. The van der Waals surface area contributed by atoms with Crippen LogP contribution < -0.4 is 20.4 Å². The number of carbonyl (C=O) groups excluding carboxylic acids is 5. The van der Waals surface area contributed by atoms with Crippen molar-refractivity contribution in [2.75, 3.05) is 29.5 Å². The molecule has 206 valence electrons. The third-order valence-electron chi connectivity index (χ3n) is 6.04. The number of aldehydes is 1. The van der Waals surface area contributed by atoms with Gasteiger partial charge in [-0.3, -0.25) is 28.9 Å². The van der Waals surface area contributed by atoms with Gasteiger partial charge in [0.15, 0.2) is 5.65 Å². The highest BCUT2D eigenvalue weighted by molar-refractivity contribution is 6.11. The molecule has 0 unspecified atom stereocenters. The van der Waals surface area contributed by atoms with E-state index in [1.165, 1.54) is 24.4 Å². The van der Waals surface area contributed by atoms with Crippen LogP contribution in [0.5, 0.6) is 0 Å². The van der Waals surface area contributed by atoms with Crippen molar-refractivity contribution in [3.63, 3.8) is 0 Å². The van der Waals surface area contributed by atoms with E-state index in [-0.39, 0.29) is 29.9 Å². The molecule has 4 amide bonds. The number of pyridine rings is 2. The number of rotatable bonds is 9. The number of aliphatic hydroxyl groups excluding tert-OH is 1. The number of hydrogen-bond donors (Lipinski definition) is 4. The summed E-state index contributed by atoms with van der Waals surface area (Å²) in [5, 5.41) is 24.0. The largest absolute Gasteiger partial charge is 0.481 e. The number of amides is 4. The molecule has 4 N–H and O–H groups in total. The van der Waals surface area contributed by atoms with Gasteiger partial charge in [-0.1, -0.05) is 12.1 Å². The first-order chi connectivity index (χ1) is 19.2. The summed E-state index contributed by atoms with van der Waals surface area (Å²) in [5.74, 6) is -4.45. The third kappa shape index (κ3) is 6.07. The van der Waals surface area contributed by atoms with Gasteiger partial charge in [0.2, 0.25) is 5.91 Å². The van der Waals surface area contributed by atoms with Crippen molar-refractivity contribution in [1.29, 1.82) is 0 Å². The predicted molar refractivity (Wildman–Crippen MR) is 139 cm³/mol. The van der Waals surface area contributed by atoms with Crippen molar-refractivity contribution in [3.05, 3.63) is 60.4 Å². The van der Waals surface area contributed by atoms with E-state index in [4.69, 9.17) is 5.11 Å². The summed E-state index contributed by atoms with van der Waals surface area (Å²) >= 11 is 0. The number of carboxylic acid groups (broad SMARTS) is 1. The summed E-state index contributed by atoms with van der Waals surface area (Å²) in [7, 11) is 0. The number of benzene rings is 1. The lowest BCUT2D eigenvalue weighted by Gasteiger charge is -2.25. The van der Waals surface area contributed by atoms with Crippen molar-refractivity contribution in [1.82, 2.24) is 20.6 Å². The molecular weight excluding hydrogens is 524 g/mol. The highest BCUT2D eigenvalue weighted by Crippen LogP contribution is 2.33. The Kier molecular flexibility index (Phi) is 8.39. The topological polar surface area (TPSA) is 199 Å². The van der Waals surface area contributed by atoms with Crippen LogP contribution >= 0.6 is 0 Å². The number of nitrogens with one attached hydrogen (secondary N) is 2. The van der Waals surface area contributed by atoms with E-state index in [2.05, 4.69) is 20.6 Å². The van der Waals surface area contributed by atoms with E-state index in [0.29, 0.717) is 11.0 Å². The second-order valence-electron chi connectivity index (χ2n) is 8.76. The van der Waals surface area contributed by atoms with Crippen LogP contribution in [0.15, 0.2) is 54.7 Å². The second kappa shape index (κ2) is 12.1. The fraction of sp³-hybridized carbons (Fsp3) is 0.231. The summed E-state index contributed by atoms with van der Waals surface area (Å²) in [6.07, 6.45) is 1.11. The number of nitrogens with zero attached hydrogens (tertiary/aromatic N) is 4. The Balaban J connectivity index is 1.66. The molecule has 0 aliphatic carbocycles. The first kappa shape index (κ1) is 27.8. The third-order valence-corrected chi connectivity index (χ3v) is 6.04. The SMILES string of the molecule is O=C[C@H](CC(=O)O)NC(=O)CN1C(=O)[C@@H](NC(=O)c2ccc3cccnc3n2)CN(C(=O)CO)c2ccccc21. The monoisotopic (exact) mass is 548 g/mol. The number of carbonyl (C=O) groups is 6. The lowest BCUT2D eigenvalue weighted by molar-refractivity contribution is -0.139. The van der Waals surface area contributed by atoms with E-state index < -0.39 is 61.3 Å². The van der Waals surface area contributed by atoms with Crippen LogP contribution in [0.25, 0.3) is 11.0 Å². The lowest BCUT2D eigenvalue weighted by Crippen LogP contribution is -2.55. The molecule has 0 bridgehead atoms. The van der Waals surface area contributed by atoms with Gasteiger partial charge in [0.05, 0.1) is 30.4 Å². The fourth-order valence-corrected chi connectivity index (χ4v) is 4.21. The van der Waals surface area contributed by atoms with Gasteiger partial charge < -0.3 is 30.5 Å². The quantitative estimate of drug-likeness (QED) is 0.247. The van der Waals surface area contributed by atoms with Crippen molar-refractivity contribution in [3.8, 4) is 0 Å². The first-order valence-electron chi connectivity index (χ1n) is 12.0. The number of anilines is 2. The van der Waals surface area contributed by atoms with E-state index in [9.17, 15) is 33.9 Å². The Labute approximate surface area is 226 Å². The second-order valence-corrected chi connectivity index (χ2v) is 8.76. The van der Waals surface area contributed by atoms with E-state index in [1.54, 1.807) is 30.3 Å². The summed E-state index contributed by atoms with van der Waals surface area (Å²) in [4.78, 5) is 85.1. The van der Waals surface area contributed by atoms with Gasteiger partial charge in [-0.05, 0) is 36.4 Å². The van der Waals surface area contributed by atoms with Crippen molar-refractivity contribution in [2.45, 2.75) is 18.5 Å². The molecular formula is C26H24N6O8. The number of para-hydroxylation sites is 2. The standard InChI is InChI=1S/C26H24N6O8/c33-13-16(10-23(37)38)28-21(35)12-32-20-6-2-1-5-19(20)31(22(36)14-34)11-18(26(32)40)30-25(39)17-8-7-15-4-3-9-27-24(15)29-17/h1-9,13,16,18,34H,10-12,14H2,(H,28,35)(H,30,39)(H,37,38)/t16-,18-/m0/s1. The van der Waals surface area contributed by atoms with Crippen LogP contribution in [0.2, 0.25) is 0 Å². The zero-order valence-corrected chi connectivity index (χ0v) is 20.9. The van der Waals surface area contributed by atoms with Crippen molar-refractivity contribution >= 4 is 58.3 Å². The molecule has 40 heavy (non-hydrogen) atoms. The van der Waals surface area contributed by atoms with E-state index in [1.807, 2.05) is 0 Å². The normalized spacial score (nSPS) is 15.5. The molecule has 0 saturated heterocycles. The zero-order chi connectivity index (χ0) is 28.8. The van der Waals surface area contributed by atoms with Gasteiger partial charge in [0, 0.05) is 11.6 Å². The Hall–Kier alpha value is -5.24. The predicted octanol–water partition coefficient (Wildman–Crippen LogP) is -0.741. The molecule has 14 nitrogen and oxygen atoms in total. The molecule has 0 spiro atoms. The molecule has 0 fully saturated rings. The molecule has 3 heterocycles. The molecule has 1 aromatic carbocycles. The summed E-state index contributed by atoms with van der Waals surface area (Å²) < 4.78 is 0. The van der Waals surface area contributed by atoms with E-state index in [0.717, 1.165) is 9.80 Å². The molecule has 2 atom stereocenters. The zero-order valence-electron chi connectivity index (χ0n) is 20.9. The smallest absolute Gasteiger partial charge is 0.305 e. The van der Waals surface area contributed by atoms with Crippen LogP contribution in [0, 0.1) is 0 Å². The highest BCUT2D eigenvalue weighted by Gasteiger charge is 2.38. The average Bonchev–Trinajstić information content (AvgIpc) is 3.06. The minimum absolute atomic E-state index is 0.0485. The number of aliphatic carboxylic acids is 1. The van der Waals surface area contributed by atoms with E-state index >= 15 is 0 Å². The molecule has 0 saturated carbocycles. The van der Waals surface area contributed by atoms with Crippen molar-refractivity contribution < 1.29 is 39.0 Å². The highest BCUT2D eigenvalue weighted by atomic mass is 16.4. The molecule has 1 aliphatic heterocycles. The Morgan fingerprint density at radius 3 is 2.52 bits per heavy atom. The summed E-state index contributed by atoms with van der Waals surface area (Å²) in [5.41, 5.74) is 0.559. The molecule has 1 aliphatic rings. The molecule has 4 rings (SSSR count). The number of aliphatic hydroxyl groups is 1. The maximum absolute atomic E-state index is 13.7. The van der Waals surface area contributed by atoms with Gasteiger partial charge in [-0.25, -0.2) is 9.97 Å². The number of hydrogen-bond acceptors (Lipinski definition) is 9. The molecule has 14 heteroatoms. The summed E-state index contributed by atoms with van der Waals surface area (Å²) in [6.45, 7) is -1.93. The van der Waals surface area contributed by atoms with Gasteiger partial charge >= 0.3 is 5.97 Å².